The minimum atomic E-state index is -0.920. The van der Waals surface area contributed by atoms with E-state index >= 15 is 0 Å². The minimum Gasteiger partial charge on any atom is -0.490 e. The van der Waals surface area contributed by atoms with Gasteiger partial charge in [0.25, 0.3) is 5.91 Å². The lowest BCUT2D eigenvalue weighted by molar-refractivity contribution is -0.149. The number of carbonyl (C=O) groups excluding carboxylic acids is 3. The second-order valence-corrected chi connectivity index (χ2v) is 9.22. The Morgan fingerprint density at radius 2 is 1.90 bits per heavy atom. The molecule has 1 heterocycles. The molecule has 2 atom stereocenters. The zero-order valence-corrected chi connectivity index (χ0v) is 17.8. The van der Waals surface area contributed by atoms with Crippen LogP contribution >= 0.6 is 11.6 Å². The van der Waals surface area contributed by atoms with Crippen molar-refractivity contribution in [3.05, 3.63) is 29.3 Å². The van der Waals surface area contributed by atoms with Crippen molar-refractivity contribution in [1.29, 1.82) is 0 Å². The zero-order valence-electron chi connectivity index (χ0n) is 17.0. The number of halogens is 1. The van der Waals surface area contributed by atoms with Crippen LogP contribution in [0.5, 0.6) is 5.75 Å². The first-order chi connectivity index (χ1) is 13.6. The average molecular weight is 423 g/mol. The SMILES string of the molecule is C[C@H]1CC(C)(C)C[C@]2(C1)NC(=O)N(CC(=O)OCCOc1ccc(Cl)cc1)C2=O. The van der Waals surface area contributed by atoms with Crippen LogP contribution in [0.25, 0.3) is 0 Å². The molecule has 1 N–H and O–H groups in total. The number of nitrogens with one attached hydrogen (secondary N) is 1. The average Bonchev–Trinajstić information content (AvgIpc) is 2.82. The largest absolute Gasteiger partial charge is 0.490 e. The monoisotopic (exact) mass is 422 g/mol. The van der Waals surface area contributed by atoms with Crippen molar-refractivity contribution >= 4 is 29.5 Å². The van der Waals surface area contributed by atoms with E-state index < -0.39 is 24.1 Å². The maximum absolute atomic E-state index is 13.0. The first kappa shape index (κ1) is 21.4. The Hall–Kier alpha value is -2.28. The van der Waals surface area contributed by atoms with Crippen LogP contribution in [0.15, 0.2) is 24.3 Å². The van der Waals surface area contributed by atoms with Gasteiger partial charge in [-0.05, 0) is 54.9 Å². The number of carbonyl (C=O) groups is 3. The summed E-state index contributed by atoms with van der Waals surface area (Å²) in [5.41, 5.74) is -0.980. The van der Waals surface area contributed by atoms with Gasteiger partial charge in [-0.1, -0.05) is 32.4 Å². The lowest BCUT2D eigenvalue weighted by Crippen LogP contribution is -2.54. The second kappa shape index (κ2) is 8.22. The van der Waals surface area contributed by atoms with Crippen molar-refractivity contribution < 1.29 is 23.9 Å². The van der Waals surface area contributed by atoms with Crippen LogP contribution in [-0.4, -0.2) is 48.1 Å². The molecule has 0 aromatic heterocycles. The molecule has 1 aromatic carbocycles. The summed E-state index contributed by atoms with van der Waals surface area (Å²) >= 11 is 5.81. The van der Waals surface area contributed by atoms with E-state index in [0.717, 1.165) is 11.3 Å². The van der Waals surface area contributed by atoms with Crippen LogP contribution < -0.4 is 10.1 Å². The van der Waals surface area contributed by atoms with Crippen molar-refractivity contribution in [3.63, 3.8) is 0 Å². The number of rotatable bonds is 6. The van der Waals surface area contributed by atoms with Crippen LogP contribution in [0.1, 0.15) is 40.0 Å². The minimum absolute atomic E-state index is 0.0142. The summed E-state index contributed by atoms with van der Waals surface area (Å²) in [5, 5.41) is 3.45. The summed E-state index contributed by atoms with van der Waals surface area (Å²) in [6, 6.07) is 6.29. The molecule has 29 heavy (non-hydrogen) atoms. The van der Waals surface area contributed by atoms with Gasteiger partial charge in [-0.2, -0.15) is 0 Å². The van der Waals surface area contributed by atoms with Gasteiger partial charge in [0, 0.05) is 5.02 Å². The molecule has 1 aliphatic heterocycles. The number of hydrogen-bond donors (Lipinski definition) is 1. The predicted molar refractivity (Wildman–Crippen MR) is 108 cm³/mol. The first-order valence-corrected chi connectivity index (χ1v) is 10.2. The molecule has 0 radical (unpaired) electrons. The normalized spacial score (nSPS) is 25.8. The second-order valence-electron chi connectivity index (χ2n) is 8.78. The van der Waals surface area contributed by atoms with Gasteiger partial charge >= 0.3 is 12.0 Å². The fraction of sp³-hybridized carbons (Fsp3) is 0.571. The van der Waals surface area contributed by atoms with Crippen LogP contribution in [0.4, 0.5) is 4.79 Å². The van der Waals surface area contributed by atoms with Gasteiger partial charge in [0.15, 0.2) is 0 Å². The Kier molecular flexibility index (Phi) is 6.08. The molecular weight excluding hydrogens is 396 g/mol. The van der Waals surface area contributed by atoms with Gasteiger partial charge < -0.3 is 14.8 Å². The lowest BCUT2D eigenvalue weighted by atomic mass is 9.64. The van der Waals surface area contributed by atoms with Crippen LogP contribution in [0, 0.1) is 11.3 Å². The highest BCUT2D eigenvalue weighted by molar-refractivity contribution is 6.30. The van der Waals surface area contributed by atoms with Crippen molar-refractivity contribution in [1.82, 2.24) is 10.2 Å². The molecule has 2 fully saturated rings. The number of amides is 3. The molecule has 0 unspecified atom stereocenters. The third-order valence-electron chi connectivity index (χ3n) is 5.34. The smallest absolute Gasteiger partial charge is 0.326 e. The summed E-state index contributed by atoms with van der Waals surface area (Å²) in [4.78, 5) is 38.5. The van der Waals surface area contributed by atoms with Gasteiger partial charge in [-0.25, -0.2) is 4.79 Å². The summed E-state index contributed by atoms with van der Waals surface area (Å²) in [6.07, 6.45) is 2.14. The van der Waals surface area contributed by atoms with E-state index in [2.05, 4.69) is 26.1 Å². The maximum Gasteiger partial charge on any atom is 0.326 e. The van der Waals surface area contributed by atoms with Crippen LogP contribution in [-0.2, 0) is 14.3 Å². The Morgan fingerprint density at radius 1 is 1.21 bits per heavy atom. The molecular formula is C21H27ClN2O5. The Labute approximate surface area is 175 Å². The van der Waals surface area contributed by atoms with E-state index in [-0.39, 0.29) is 24.5 Å². The van der Waals surface area contributed by atoms with E-state index in [0.29, 0.717) is 29.5 Å². The van der Waals surface area contributed by atoms with Gasteiger partial charge in [0.2, 0.25) is 0 Å². The van der Waals surface area contributed by atoms with E-state index in [4.69, 9.17) is 21.1 Å². The first-order valence-electron chi connectivity index (χ1n) is 9.78. The summed E-state index contributed by atoms with van der Waals surface area (Å²) in [6.45, 7) is 6.05. The number of benzene rings is 1. The number of imide groups is 1. The molecule has 3 rings (SSSR count). The van der Waals surface area contributed by atoms with E-state index in [1.165, 1.54) is 0 Å². The number of nitrogens with zero attached hydrogens (tertiary/aromatic N) is 1. The molecule has 158 valence electrons. The third-order valence-corrected chi connectivity index (χ3v) is 5.59. The molecule has 8 heteroatoms. The Morgan fingerprint density at radius 3 is 2.55 bits per heavy atom. The number of hydrogen-bond acceptors (Lipinski definition) is 5. The fourth-order valence-corrected chi connectivity index (χ4v) is 4.80. The van der Waals surface area contributed by atoms with E-state index in [9.17, 15) is 14.4 Å². The molecule has 1 aliphatic carbocycles. The van der Waals surface area contributed by atoms with E-state index in [1.807, 2.05) is 0 Å². The molecule has 1 saturated heterocycles. The number of esters is 1. The highest BCUT2D eigenvalue weighted by Gasteiger charge is 2.56. The zero-order chi connectivity index (χ0) is 21.2. The summed E-state index contributed by atoms with van der Waals surface area (Å²) in [5.74, 6) is -0.0692. The predicted octanol–water partition coefficient (Wildman–Crippen LogP) is 3.40. The number of ether oxygens (including phenoxy) is 2. The highest BCUT2D eigenvalue weighted by atomic mass is 35.5. The Balaban J connectivity index is 1.50. The fourth-order valence-electron chi connectivity index (χ4n) is 4.67. The van der Waals surface area contributed by atoms with Crippen LogP contribution in [0.2, 0.25) is 5.02 Å². The van der Waals surface area contributed by atoms with Gasteiger partial charge in [-0.3, -0.25) is 14.5 Å². The number of urea groups is 1. The molecule has 1 aromatic rings. The molecule has 2 aliphatic rings. The molecule has 1 saturated carbocycles. The van der Waals surface area contributed by atoms with Gasteiger partial charge in [0.05, 0.1) is 0 Å². The van der Waals surface area contributed by atoms with Gasteiger partial charge in [-0.15, -0.1) is 0 Å². The van der Waals surface area contributed by atoms with Crippen molar-refractivity contribution in [2.45, 2.75) is 45.6 Å². The molecule has 1 spiro atoms. The Bertz CT molecular complexity index is 795. The van der Waals surface area contributed by atoms with Crippen molar-refractivity contribution in [2.24, 2.45) is 11.3 Å². The van der Waals surface area contributed by atoms with Crippen molar-refractivity contribution in [2.75, 3.05) is 19.8 Å². The van der Waals surface area contributed by atoms with Gasteiger partial charge in [0.1, 0.15) is 31.0 Å². The topological polar surface area (TPSA) is 84.9 Å². The lowest BCUT2D eigenvalue weighted by Gasteiger charge is -2.43. The molecule has 3 amide bonds. The summed E-state index contributed by atoms with van der Waals surface area (Å²) < 4.78 is 10.6. The molecule has 0 bridgehead atoms. The van der Waals surface area contributed by atoms with Crippen molar-refractivity contribution in [3.8, 4) is 5.75 Å². The van der Waals surface area contributed by atoms with Crippen LogP contribution in [0.3, 0.4) is 0 Å². The standard InChI is InChI=1S/C21H27ClN2O5/c1-14-10-20(2,3)13-21(11-14)18(26)24(19(27)23-21)12-17(25)29-9-8-28-16-6-4-15(22)5-7-16/h4-7,14H,8-13H2,1-3H3,(H,23,27)/t14-,21-/m0/s1. The maximum atomic E-state index is 13.0. The molecule has 7 nitrogen and oxygen atoms in total. The quantitative estimate of drug-likeness (QED) is 0.431. The highest BCUT2D eigenvalue weighted by Crippen LogP contribution is 2.46. The third kappa shape index (κ3) is 5.01. The van der Waals surface area contributed by atoms with E-state index in [1.54, 1.807) is 24.3 Å². The summed E-state index contributed by atoms with van der Waals surface area (Å²) in [7, 11) is 0.